The zero-order valence-electron chi connectivity index (χ0n) is 13.7. The Morgan fingerprint density at radius 2 is 2.04 bits per heavy atom. The van der Waals surface area contributed by atoms with Gasteiger partial charge in [-0.3, -0.25) is 19.6 Å². The van der Waals surface area contributed by atoms with E-state index in [-0.39, 0.29) is 17.3 Å². The maximum Gasteiger partial charge on any atom is 0.269 e. The summed E-state index contributed by atoms with van der Waals surface area (Å²) in [5.74, 6) is 0.240. The lowest BCUT2D eigenvalue weighted by Gasteiger charge is -2.07. The predicted molar refractivity (Wildman–Crippen MR) is 93.1 cm³/mol. The average Bonchev–Trinajstić information content (AvgIpc) is 2.87. The van der Waals surface area contributed by atoms with E-state index in [0.717, 1.165) is 29.2 Å². The highest BCUT2D eigenvalue weighted by Crippen LogP contribution is 2.20. The largest absolute Gasteiger partial charge is 0.355 e. The van der Waals surface area contributed by atoms with Crippen LogP contribution in [0.25, 0.3) is 0 Å². The van der Waals surface area contributed by atoms with E-state index in [1.807, 2.05) is 24.6 Å². The molecule has 0 fully saturated rings. The standard InChI is InChI=1S/C16H20N4O3S/c1-12-10-13(2)19(18-12)9-3-8-17-16(21)11-24-15-6-4-14(5-7-15)20(22)23/h4-7,10H,3,8-9,11H2,1-2H3,(H,17,21). The lowest BCUT2D eigenvalue weighted by molar-refractivity contribution is -0.384. The van der Waals surface area contributed by atoms with E-state index in [9.17, 15) is 14.9 Å². The highest BCUT2D eigenvalue weighted by atomic mass is 32.2. The Balaban J connectivity index is 1.66. The van der Waals surface area contributed by atoms with E-state index in [1.54, 1.807) is 12.1 Å². The van der Waals surface area contributed by atoms with E-state index < -0.39 is 4.92 Å². The number of nitro benzene ring substituents is 1. The van der Waals surface area contributed by atoms with Crippen molar-refractivity contribution in [2.75, 3.05) is 12.3 Å². The molecular formula is C16H20N4O3S. The number of amides is 1. The number of aromatic nitrogens is 2. The zero-order chi connectivity index (χ0) is 17.5. The first-order chi connectivity index (χ1) is 11.5. The summed E-state index contributed by atoms with van der Waals surface area (Å²) in [4.78, 5) is 22.8. The van der Waals surface area contributed by atoms with Crippen LogP contribution in [0.15, 0.2) is 35.2 Å². The number of carbonyl (C=O) groups excluding carboxylic acids is 1. The molecule has 1 heterocycles. The van der Waals surface area contributed by atoms with Crippen LogP contribution in [0.2, 0.25) is 0 Å². The van der Waals surface area contributed by atoms with Crippen LogP contribution >= 0.6 is 11.8 Å². The summed E-state index contributed by atoms with van der Waals surface area (Å²) in [6, 6.07) is 8.21. The lowest BCUT2D eigenvalue weighted by Crippen LogP contribution is -2.27. The second-order valence-corrected chi connectivity index (χ2v) is 6.44. The molecular weight excluding hydrogens is 328 g/mol. The van der Waals surface area contributed by atoms with E-state index in [1.165, 1.54) is 23.9 Å². The van der Waals surface area contributed by atoms with Crippen molar-refractivity contribution in [2.24, 2.45) is 0 Å². The Hall–Kier alpha value is -2.35. The summed E-state index contributed by atoms with van der Waals surface area (Å²) in [6.45, 7) is 5.34. The molecule has 0 aliphatic rings. The van der Waals surface area contributed by atoms with Crippen molar-refractivity contribution >= 4 is 23.4 Å². The molecule has 0 saturated heterocycles. The molecule has 0 radical (unpaired) electrons. The van der Waals surface area contributed by atoms with E-state index in [4.69, 9.17) is 0 Å². The molecule has 0 atom stereocenters. The highest BCUT2D eigenvalue weighted by Gasteiger charge is 2.06. The Labute approximate surface area is 144 Å². The van der Waals surface area contributed by atoms with Gasteiger partial charge in [0.2, 0.25) is 5.91 Å². The maximum atomic E-state index is 11.8. The van der Waals surface area contributed by atoms with Crippen molar-refractivity contribution in [3.05, 3.63) is 51.8 Å². The summed E-state index contributed by atoms with van der Waals surface area (Å²) in [7, 11) is 0. The van der Waals surface area contributed by atoms with Crippen LogP contribution in [0.3, 0.4) is 0 Å². The number of nitrogens with one attached hydrogen (secondary N) is 1. The first kappa shape index (κ1) is 18.0. The molecule has 2 aromatic rings. The molecule has 0 bridgehead atoms. The van der Waals surface area contributed by atoms with Crippen molar-refractivity contribution in [3.8, 4) is 0 Å². The summed E-state index contributed by atoms with van der Waals surface area (Å²) in [6.07, 6.45) is 0.815. The molecule has 8 heteroatoms. The molecule has 0 spiro atoms. The molecule has 0 aliphatic heterocycles. The van der Waals surface area contributed by atoms with Crippen molar-refractivity contribution < 1.29 is 9.72 Å². The summed E-state index contributed by atoms with van der Waals surface area (Å²) < 4.78 is 1.94. The number of aryl methyl sites for hydroxylation is 3. The van der Waals surface area contributed by atoms with E-state index >= 15 is 0 Å². The van der Waals surface area contributed by atoms with Crippen LogP contribution in [0.5, 0.6) is 0 Å². The molecule has 1 amide bonds. The van der Waals surface area contributed by atoms with Gasteiger partial charge in [-0.15, -0.1) is 11.8 Å². The molecule has 2 rings (SSSR count). The van der Waals surface area contributed by atoms with Crippen molar-refractivity contribution in [1.29, 1.82) is 0 Å². The fraction of sp³-hybridized carbons (Fsp3) is 0.375. The Morgan fingerprint density at radius 3 is 2.62 bits per heavy atom. The van der Waals surface area contributed by atoms with Gasteiger partial charge < -0.3 is 5.32 Å². The van der Waals surface area contributed by atoms with Gasteiger partial charge in [-0.1, -0.05) is 0 Å². The van der Waals surface area contributed by atoms with Gasteiger partial charge in [-0.2, -0.15) is 5.10 Å². The van der Waals surface area contributed by atoms with Gasteiger partial charge in [-0.25, -0.2) is 0 Å². The maximum absolute atomic E-state index is 11.8. The fourth-order valence-electron chi connectivity index (χ4n) is 2.22. The van der Waals surface area contributed by atoms with Gasteiger partial charge in [0.1, 0.15) is 0 Å². The molecule has 1 aromatic heterocycles. The first-order valence-corrected chi connectivity index (χ1v) is 8.59. The minimum absolute atomic E-state index is 0.0490. The molecule has 0 unspecified atom stereocenters. The average molecular weight is 348 g/mol. The predicted octanol–water partition coefficient (Wildman–Crippen LogP) is 2.71. The fourth-order valence-corrected chi connectivity index (χ4v) is 2.95. The monoisotopic (exact) mass is 348 g/mol. The molecule has 0 saturated carbocycles. The van der Waals surface area contributed by atoms with Crippen LogP contribution in [-0.2, 0) is 11.3 Å². The summed E-state index contributed by atoms with van der Waals surface area (Å²) in [5, 5.41) is 17.8. The minimum Gasteiger partial charge on any atom is -0.355 e. The SMILES string of the molecule is Cc1cc(C)n(CCCNC(=O)CSc2ccc([N+](=O)[O-])cc2)n1. The number of benzene rings is 1. The Morgan fingerprint density at radius 1 is 1.33 bits per heavy atom. The van der Waals surface area contributed by atoms with Crippen LogP contribution in [0, 0.1) is 24.0 Å². The number of rotatable bonds is 8. The van der Waals surface area contributed by atoms with Crippen molar-refractivity contribution in [3.63, 3.8) is 0 Å². The number of hydrogen-bond acceptors (Lipinski definition) is 5. The van der Waals surface area contributed by atoms with E-state index in [0.29, 0.717) is 6.54 Å². The minimum atomic E-state index is -0.441. The molecule has 7 nitrogen and oxygen atoms in total. The number of nitro groups is 1. The number of carbonyl (C=O) groups is 1. The van der Waals surface area contributed by atoms with Crippen molar-refractivity contribution in [1.82, 2.24) is 15.1 Å². The second-order valence-electron chi connectivity index (χ2n) is 5.39. The Bertz CT molecular complexity index is 713. The molecule has 24 heavy (non-hydrogen) atoms. The van der Waals surface area contributed by atoms with Gasteiger partial charge in [-0.05, 0) is 38.5 Å². The third kappa shape index (κ3) is 5.38. The third-order valence-electron chi connectivity index (χ3n) is 3.39. The smallest absolute Gasteiger partial charge is 0.269 e. The van der Waals surface area contributed by atoms with E-state index in [2.05, 4.69) is 10.4 Å². The van der Waals surface area contributed by atoms with Gasteiger partial charge in [0.25, 0.3) is 5.69 Å². The third-order valence-corrected chi connectivity index (χ3v) is 4.40. The van der Waals surface area contributed by atoms with Crippen LogP contribution in [0.1, 0.15) is 17.8 Å². The normalized spacial score (nSPS) is 10.6. The van der Waals surface area contributed by atoms with Gasteiger partial charge in [0.15, 0.2) is 0 Å². The summed E-state index contributed by atoms with van der Waals surface area (Å²) in [5.41, 5.74) is 2.16. The highest BCUT2D eigenvalue weighted by molar-refractivity contribution is 8.00. The summed E-state index contributed by atoms with van der Waals surface area (Å²) >= 11 is 1.36. The van der Waals surface area contributed by atoms with Gasteiger partial charge >= 0.3 is 0 Å². The Kier molecular flexibility index (Phi) is 6.36. The second kappa shape index (κ2) is 8.49. The van der Waals surface area contributed by atoms with Crippen LogP contribution < -0.4 is 5.32 Å². The number of nitrogens with zero attached hydrogens (tertiary/aromatic N) is 3. The van der Waals surface area contributed by atoms with Crippen molar-refractivity contribution in [2.45, 2.75) is 31.7 Å². The first-order valence-electron chi connectivity index (χ1n) is 7.60. The quantitative estimate of drug-likeness (QED) is 0.343. The molecule has 1 aromatic carbocycles. The number of non-ortho nitro benzene ring substituents is 1. The van der Waals surface area contributed by atoms with Gasteiger partial charge in [0, 0.05) is 35.8 Å². The van der Waals surface area contributed by atoms with Crippen LogP contribution in [-0.4, -0.2) is 32.9 Å². The van der Waals surface area contributed by atoms with Crippen LogP contribution in [0.4, 0.5) is 5.69 Å². The lowest BCUT2D eigenvalue weighted by atomic mass is 10.3. The topological polar surface area (TPSA) is 90.1 Å². The zero-order valence-corrected chi connectivity index (χ0v) is 14.5. The molecule has 128 valence electrons. The molecule has 1 N–H and O–H groups in total. The number of thioether (sulfide) groups is 1. The molecule has 0 aliphatic carbocycles. The number of hydrogen-bond donors (Lipinski definition) is 1. The van der Waals surface area contributed by atoms with Gasteiger partial charge in [0.05, 0.1) is 16.4 Å².